The van der Waals surface area contributed by atoms with E-state index in [-0.39, 0.29) is 11.3 Å². The minimum atomic E-state index is 0.173. The van der Waals surface area contributed by atoms with Gasteiger partial charge in [-0.25, -0.2) is 0 Å². The average molecular weight is 408 g/mol. The van der Waals surface area contributed by atoms with Crippen LogP contribution in [0.2, 0.25) is 0 Å². The normalized spacial score (nSPS) is 42.6. The topological polar surface area (TPSA) is 58.7 Å². The van der Waals surface area contributed by atoms with Gasteiger partial charge in [-0.2, -0.15) is 10.4 Å². The zero-order valence-electron chi connectivity index (χ0n) is 18.7. The summed E-state index contributed by atoms with van der Waals surface area (Å²) in [6.45, 7) is 5.14. The molecule has 0 aliphatic heterocycles. The molecule has 1 aromatic heterocycles. The van der Waals surface area contributed by atoms with E-state index in [4.69, 9.17) is 5.26 Å². The summed E-state index contributed by atoms with van der Waals surface area (Å²) >= 11 is 0. The van der Waals surface area contributed by atoms with E-state index in [0.717, 1.165) is 41.9 Å². The average Bonchev–Trinajstić information content (AvgIpc) is 3.36. The third-order valence-electron chi connectivity index (χ3n) is 10.1. The van der Waals surface area contributed by atoms with Gasteiger partial charge in [0.15, 0.2) is 5.78 Å². The van der Waals surface area contributed by atoms with Gasteiger partial charge >= 0.3 is 0 Å². The monoisotopic (exact) mass is 407 g/mol. The number of carbonyl (C=O) groups excluding carboxylic acids is 1. The maximum Gasteiger partial charge on any atom is 0.157 e. The number of rotatable bonds is 4. The molecule has 4 aliphatic carbocycles. The first kappa shape index (κ1) is 20.3. The van der Waals surface area contributed by atoms with E-state index in [2.05, 4.69) is 25.0 Å². The Hall–Kier alpha value is -1.63. The lowest BCUT2D eigenvalue weighted by Gasteiger charge is -2.56. The number of Topliss-reactive ketones (excluding diaryl/α,β-unsaturated/α-hetero) is 1. The predicted octanol–water partition coefficient (Wildman–Crippen LogP) is 5.62. The van der Waals surface area contributed by atoms with Crippen LogP contribution in [0.25, 0.3) is 0 Å². The number of fused-ring (bicyclic) bond motifs is 5. The minimum Gasteiger partial charge on any atom is -0.297 e. The highest BCUT2D eigenvalue weighted by atomic mass is 16.1. The molecule has 4 nitrogen and oxygen atoms in total. The van der Waals surface area contributed by atoms with E-state index in [1.54, 1.807) is 17.1 Å². The van der Waals surface area contributed by atoms with Crippen molar-refractivity contribution in [3.8, 4) is 6.07 Å². The molecule has 0 radical (unpaired) electrons. The number of hydrogen-bond donors (Lipinski definition) is 0. The Morgan fingerprint density at radius 1 is 1.17 bits per heavy atom. The van der Waals surface area contributed by atoms with Crippen LogP contribution < -0.4 is 0 Å². The van der Waals surface area contributed by atoms with Crippen molar-refractivity contribution in [1.82, 2.24) is 9.78 Å². The van der Waals surface area contributed by atoms with E-state index in [1.807, 2.05) is 0 Å². The summed E-state index contributed by atoms with van der Waals surface area (Å²) < 4.78 is 1.67. The maximum absolute atomic E-state index is 13.3. The Bertz CT molecular complexity index is 838. The first-order valence-corrected chi connectivity index (χ1v) is 12.5. The Morgan fingerprint density at radius 3 is 2.77 bits per heavy atom. The molecule has 1 heterocycles. The quantitative estimate of drug-likeness (QED) is 0.651. The molecule has 0 aromatic carbocycles. The number of aromatic nitrogens is 2. The second kappa shape index (κ2) is 7.81. The van der Waals surface area contributed by atoms with Crippen molar-refractivity contribution in [2.24, 2.45) is 46.8 Å². The third-order valence-corrected chi connectivity index (χ3v) is 10.1. The highest BCUT2D eigenvalue weighted by Crippen LogP contribution is 2.64. The van der Waals surface area contributed by atoms with E-state index < -0.39 is 0 Å². The van der Waals surface area contributed by atoms with Crippen LogP contribution in [-0.4, -0.2) is 15.6 Å². The molecule has 4 saturated carbocycles. The summed E-state index contributed by atoms with van der Waals surface area (Å²) in [4.78, 5) is 13.3. The lowest BCUT2D eigenvalue weighted by Crippen LogP contribution is -2.49. The van der Waals surface area contributed by atoms with Crippen LogP contribution in [0.3, 0.4) is 0 Å². The molecule has 0 bridgehead atoms. The lowest BCUT2D eigenvalue weighted by atomic mass is 9.49. The Morgan fingerprint density at radius 2 is 2.00 bits per heavy atom. The second-order valence-corrected chi connectivity index (χ2v) is 11.2. The van der Waals surface area contributed by atoms with Crippen LogP contribution in [0.4, 0.5) is 0 Å². The van der Waals surface area contributed by atoms with E-state index in [9.17, 15) is 4.79 Å². The molecular weight excluding hydrogens is 370 g/mol. The van der Waals surface area contributed by atoms with Gasteiger partial charge < -0.3 is 0 Å². The number of hydrogen-bond acceptors (Lipinski definition) is 3. The first-order valence-electron chi connectivity index (χ1n) is 12.5. The van der Waals surface area contributed by atoms with Crippen LogP contribution >= 0.6 is 0 Å². The summed E-state index contributed by atoms with van der Waals surface area (Å²) in [5.74, 6) is 5.97. The summed E-state index contributed by atoms with van der Waals surface area (Å²) in [5.41, 5.74) is 0.713. The standard InChI is InChI=1S/C26H37N3O/c1-3-17-4-6-20-19(12-17)5-7-22-21(20)10-11-26(2)23(22)8-9-24(26)25(30)16-29-15-18(13-27)14-28-29/h14-15,17,19-24H,3-12,16H2,1-2H3. The molecule has 0 N–H and O–H groups in total. The summed E-state index contributed by atoms with van der Waals surface area (Å²) in [6, 6.07) is 2.11. The zero-order valence-corrected chi connectivity index (χ0v) is 18.7. The maximum atomic E-state index is 13.3. The molecule has 4 aliphatic rings. The Kier molecular flexibility index (Phi) is 5.28. The fourth-order valence-corrected chi connectivity index (χ4v) is 8.63. The van der Waals surface area contributed by atoms with Crippen molar-refractivity contribution in [2.45, 2.75) is 84.6 Å². The number of nitrogens with zero attached hydrogens (tertiary/aromatic N) is 3. The summed E-state index contributed by atoms with van der Waals surface area (Å²) in [6.07, 6.45) is 16.8. The molecule has 0 spiro atoms. The van der Waals surface area contributed by atoms with Crippen molar-refractivity contribution < 1.29 is 4.79 Å². The molecule has 0 saturated heterocycles. The molecule has 30 heavy (non-hydrogen) atoms. The summed E-state index contributed by atoms with van der Waals surface area (Å²) in [5, 5.41) is 13.2. The van der Waals surface area contributed by atoms with Gasteiger partial charge in [0.1, 0.15) is 6.07 Å². The summed E-state index contributed by atoms with van der Waals surface area (Å²) in [7, 11) is 0. The molecule has 5 rings (SSSR count). The van der Waals surface area contributed by atoms with Gasteiger partial charge in [0.05, 0.1) is 18.3 Å². The first-order chi connectivity index (χ1) is 14.5. The van der Waals surface area contributed by atoms with Crippen LogP contribution in [0.1, 0.15) is 83.6 Å². The van der Waals surface area contributed by atoms with Gasteiger partial charge in [-0.05, 0) is 92.3 Å². The van der Waals surface area contributed by atoms with Gasteiger partial charge in [0.25, 0.3) is 0 Å². The number of ketones is 1. The highest BCUT2D eigenvalue weighted by molar-refractivity contribution is 5.82. The number of nitriles is 1. The van der Waals surface area contributed by atoms with E-state index >= 15 is 0 Å². The molecule has 8 unspecified atom stereocenters. The fourth-order valence-electron chi connectivity index (χ4n) is 8.63. The van der Waals surface area contributed by atoms with Crippen molar-refractivity contribution in [3.05, 3.63) is 18.0 Å². The third kappa shape index (κ3) is 3.24. The molecule has 162 valence electrons. The van der Waals surface area contributed by atoms with Crippen molar-refractivity contribution in [1.29, 1.82) is 5.26 Å². The van der Waals surface area contributed by atoms with Gasteiger partial charge in [-0.1, -0.05) is 26.7 Å². The Balaban J connectivity index is 1.29. The van der Waals surface area contributed by atoms with Crippen molar-refractivity contribution >= 4 is 5.78 Å². The van der Waals surface area contributed by atoms with E-state index in [0.29, 0.717) is 17.9 Å². The molecule has 0 amide bonds. The molecule has 4 fully saturated rings. The zero-order chi connectivity index (χ0) is 20.9. The highest BCUT2D eigenvalue weighted by Gasteiger charge is 2.58. The lowest BCUT2D eigenvalue weighted by molar-refractivity contribution is -0.131. The molecular formula is C26H37N3O. The van der Waals surface area contributed by atoms with Crippen LogP contribution in [0.15, 0.2) is 12.4 Å². The van der Waals surface area contributed by atoms with Crippen molar-refractivity contribution in [2.75, 3.05) is 0 Å². The van der Waals surface area contributed by atoms with Gasteiger partial charge in [0, 0.05) is 12.1 Å². The van der Waals surface area contributed by atoms with E-state index in [1.165, 1.54) is 57.8 Å². The predicted molar refractivity (Wildman–Crippen MR) is 116 cm³/mol. The second-order valence-electron chi connectivity index (χ2n) is 11.2. The van der Waals surface area contributed by atoms with Gasteiger partial charge in [0.2, 0.25) is 0 Å². The van der Waals surface area contributed by atoms with Crippen LogP contribution in [-0.2, 0) is 11.3 Å². The largest absolute Gasteiger partial charge is 0.297 e. The number of carbonyl (C=O) groups is 1. The van der Waals surface area contributed by atoms with Gasteiger partial charge in [-0.15, -0.1) is 0 Å². The van der Waals surface area contributed by atoms with Crippen LogP contribution in [0.5, 0.6) is 0 Å². The molecule has 1 aromatic rings. The fraction of sp³-hybridized carbons (Fsp3) is 0.808. The molecule has 4 heteroatoms. The molecule has 8 atom stereocenters. The smallest absolute Gasteiger partial charge is 0.157 e. The Labute approximate surface area is 181 Å². The SMILES string of the molecule is CCC1CCC2C(CCC3C2CCC2(C)C(C(=O)Cn4cc(C#N)cn4)CCC32)C1. The van der Waals surface area contributed by atoms with Crippen molar-refractivity contribution in [3.63, 3.8) is 0 Å². The van der Waals surface area contributed by atoms with Crippen LogP contribution in [0, 0.1) is 58.2 Å². The minimum absolute atomic E-state index is 0.173. The van der Waals surface area contributed by atoms with Gasteiger partial charge in [-0.3, -0.25) is 9.48 Å².